The number of carboxylic acid groups (broad SMARTS) is 1. The Balaban J connectivity index is 2.98. The van der Waals surface area contributed by atoms with Gasteiger partial charge in [-0.2, -0.15) is 5.10 Å². The monoisotopic (exact) mass is 324 g/mol. The molecule has 0 amide bonds. The molecule has 86 valence electrons. The minimum absolute atomic E-state index is 0.0767. The fourth-order valence-electron chi connectivity index (χ4n) is 0.829. The molecule has 0 heterocycles. The first-order chi connectivity index (χ1) is 7.41. The zero-order valence-corrected chi connectivity index (χ0v) is 11.2. The summed E-state index contributed by atoms with van der Waals surface area (Å²) >= 11 is 15.0. The maximum atomic E-state index is 10.5. The number of rotatable bonds is 3. The number of hydrogen-bond donors (Lipinski definition) is 2. The third-order valence-corrected chi connectivity index (χ3v) is 2.91. The van der Waals surface area contributed by atoms with E-state index in [4.69, 9.17) is 28.3 Å². The topological polar surface area (TPSA) is 61.7 Å². The van der Waals surface area contributed by atoms with E-state index in [1.165, 1.54) is 6.92 Å². The highest BCUT2D eigenvalue weighted by molar-refractivity contribution is 9.10. The van der Waals surface area contributed by atoms with Gasteiger partial charge in [0.05, 0.1) is 15.7 Å². The van der Waals surface area contributed by atoms with E-state index in [0.29, 0.717) is 15.2 Å². The Morgan fingerprint density at radius 2 is 2.12 bits per heavy atom. The van der Waals surface area contributed by atoms with Crippen molar-refractivity contribution >= 4 is 56.5 Å². The maximum absolute atomic E-state index is 10.5. The molecule has 16 heavy (non-hydrogen) atoms. The Hall–Kier alpha value is -0.780. The van der Waals surface area contributed by atoms with Gasteiger partial charge in [0.1, 0.15) is 5.71 Å². The first kappa shape index (κ1) is 13.3. The number of halogens is 3. The highest BCUT2D eigenvalue weighted by atomic mass is 79.9. The number of nitrogens with zero attached hydrogens (tertiary/aromatic N) is 1. The van der Waals surface area contributed by atoms with Gasteiger partial charge in [0, 0.05) is 4.47 Å². The number of benzene rings is 1. The molecule has 0 spiro atoms. The number of hydrogen-bond acceptors (Lipinski definition) is 3. The van der Waals surface area contributed by atoms with Crippen LogP contribution < -0.4 is 5.43 Å². The Kier molecular flexibility index (Phi) is 4.58. The van der Waals surface area contributed by atoms with Crippen LogP contribution in [0.5, 0.6) is 0 Å². The van der Waals surface area contributed by atoms with Gasteiger partial charge < -0.3 is 5.11 Å². The predicted octanol–water partition coefficient (Wildman–Crippen LogP) is 3.63. The predicted molar refractivity (Wildman–Crippen MR) is 68.5 cm³/mol. The lowest BCUT2D eigenvalue weighted by Crippen LogP contribution is -2.10. The van der Waals surface area contributed by atoms with Gasteiger partial charge in [-0.3, -0.25) is 5.43 Å². The van der Waals surface area contributed by atoms with Crippen LogP contribution in [0.3, 0.4) is 0 Å². The lowest BCUT2D eigenvalue weighted by atomic mass is 10.3. The zero-order valence-electron chi connectivity index (χ0n) is 8.09. The van der Waals surface area contributed by atoms with Crippen LogP contribution in [-0.2, 0) is 4.79 Å². The second-order valence-electron chi connectivity index (χ2n) is 2.86. The van der Waals surface area contributed by atoms with Gasteiger partial charge in [-0.15, -0.1) is 0 Å². The highest BCUT2D eigenvalue weighted by Crippen LogP contribution is 2.33. The molecule has 0 aromatic heterocycles. The fourth-order valence-corrected chi connectivity index (χ4v) is 1.79. The Morgan fingerprint density at radius 3 is 2.69 bits per heavy atom. The van der Waals surface area contributed by atoms with E-state index in [-0.39, 0.29) is 10.7 Å². The van der Waals surface area contributed by atoms with Gasteiger partial charge in [-0.25, -0.2) is 4.79 Å². The van der Waals surface area contributed by atoms with Gasteiger partial charge in [0.2, 0.25) is 0 Å². The van der Waals surface area contributed by atoms with Crippen LogP contribution >= 0.6 is 39.1 Å². The lowest BCUT2D eigenvalue weighted by molar-refractivity contribution is -0.129. The quantitative estimate of drug-likeness (QED) is 0.507. The fraction of sp³-hybridized carbons (Fsp3) is 0.111. The maximum Gasteiger partial charge on any atom is 0.351 e. The number of anilines is 1. The molecule has 7 heteroatoms. The molecular formula is C9H7BrCl2N2O2. The molecule has 1 aromatic rings. The minimum atomic E-state index is -1.11. The van der Waals surface area contributed by atoms with Crippen LogP contribution in [0.15, 0.2) is 21.7 Å². The molecule has 0 saturated carbocycles. The number of hydrazone groups is 1. The number of nitrogens with one attached hydrogen (secondary N) is 1. The van der Waals surface area contributed by atoms with E-state index in [1.54, 1.807) is 12.1 Å². The third kappa shape index (κ3) is 3.37. The standard InChI is InChI=1S/C9H7BrCl2N2O2/c1-4(9(15)16)13-14-7-3-5(10)2-6(11)8(7)12/h2-3,14H,1H3,(H,15,16)/b13-4+. The molecule has 1 aromatic carbocycles. The molecule has 0 atom stereocenters. The summed E-state index contributed by atoms with van der Waals surface area (Å²) in [5, 5.41) is 12.9. The normalized spacial score (nSPS) is 11.4. The van der Waals surface area contributed by atoms with Crippen LogP contribution in [-0.4, -0.2) is 16.8 Å². The van der Waals surface area contributed by atoms with Crippen molar-refractivity contribution in [2.75, 3.05) is 5.43 Å². The summed E-state index contributed by atoms with van der Waals surface area (Å²) in [6, 6.07) is 3.27. The van der Waals surface area contributed by atoms with Crippen LogP contribution in [0, 0.1) is 0 Å². The molecule has 0 fully saturated rings. The largest absolute Gasteiger partial charge is 0.477 e. The average molecular weight is 326 g/mol. The number of aliphatic carboxylic acids is 1. The number of carboxylic acids is 1. The van der Waals surface area contributed by atoms with E-state index < -0.39 is 5.97 Å². The van der Waals surface area contributed by atoms with Crippen molar-refractivity contribution in [2.24, 2.45) is 5.10 Å². The van der Waals surface area contributed by atoms with Gasteiger partial charge in [0.15, 0.2) is 0 Å². The first-order valence-electron chi connectivity index (χ1n) is 4.10. The molecule has 4 nitrogen and oxygen atoms in total. The Bertz CT molecular complexity index is 463. The molecule has 2 N–H and O–H groups in total. The summed E-state index contributed by atoms with van der Waals surface area (Å²) in [6.07, 6.45) is 0. The number of carbonyl (C=O) groups is 1. The molecule has 0 bridgehead atoms. The van der Waals surface area contributed by atoms with Crippen molar-refractivity contribution in [1.29, 1.82) is 0 Å². The second-order valence-corrected chi connectivity index (χ2v) is 4.56. The van der Waals surface area contributed by atoms with Crippen molar-refractivity contribution in [3.8, 4) is 0 Å². The summed E-state index contributed by atoms with van der Waals surface area (Å²) in [6.45, 7) is 1.36. The van der Waals surface area contributed by atoms with Gasteiger partial charge in [-0.05, 0) is 19.1 Å². The second kappa shape index (κ2) is 5.52. The SMILES string of the molecule is C/C(=N\Nc1cc(Br)cc(Cl)c1Cl)C(=O)O. The van der Waals surface area contributed by atoms with E-state index in [0.717, 1.165) is 0 Å². The van der Waals surface area contributed by atoms with Crippen LogP contribution in [0.2, 0.25) is 10.0 Å². The van der Waals surface area contributed by atoms with Crippen molar-refractivity contribution in [1.82, 2.24) is 0 Å². The Labute approximate surface area is 110 Å². The molecular weight excluding hydrogens is 319 g/mol. The van der Waals surface area contributed by atoms with Crippen molar-refractivity contribution in [2.45, 2.75) is 6.92 Å². The van der Waals surface area contributed by atoms with Crippen molar-refractivity contribution in [3.63, 3.8) is 0 Å². The van der Waals surface area contributed by atoms with Crippen LogP contribution in [0.4, 0.5) is 5.69 Å². The zero-order chi connectivity index (χ0) is 12.3. The van der Waals surface area contributed by atoms with Gasteiger partial charge in [-0.1, -0.05) is 39.1 Å². The lowest BCUT2D eigenvalue weighted by Gasteiger charge is -2.06. The van der Waals surface area contributed by atoms with E-state index in [1.807, 2.05) is 0 Å². The molecule has 0 aliphatic carbocycles. The summed E-state index contributed by atoms with van der Waals surface area (Å²) < 4.78 is 0.715. The van der Waals surface area contributed by atoms with E-state index in [9.17, 15) is 4.79 Å². The minimum Gasteiger partial charge on any atom is -0.477 e. The average Bonchev–Trinajstić information content (AvgIpc) is 2.20. The summed E-state index contributed by atoms with van der Waals surface area (Å²) in [5.74, 6) is -1.11. The summed E-state index contributed by atoms with van der Waals surface area (Å²) in [7, 11) is 0. The summed E-state index contributed by atoms with van der Waals surface area (Å²) in [5.41, 5.74) is 2.89. The van der Waals surface area contributed by atoms with Gasteiger partial charge in [0.25, 0.3) is 0 Å². The van der Waals surface area contributed by atoms with Crippen molar-refractivity contribution in [3.05, 3.63) is 26.7 Å². The van der Waals surface area contributed by atoms with E-state index in [2.05, 4.69) is 26.5 Å². The highest BCUT2D eigenvalue weighted by Gasteiger charge is 2.07. The smallest absolute Gasteiger partial charge is 0.351 e. The Morgan fingerprint density at radius 1 is 1.50 bits per heavy atom. The molecule has 0 saturated heterocycles. The first-order valence-corrected chi connectivity index (χ1v) is 5.65. The molecule has 0 aliphatic rings. The molecule has 0 aliphatic heterocycles. The van der Waals surface area contributed by atoms with Gasteiger partial charge >= 0.3 is 5.97 Å². The molecule has 0 radical (unpaired) electrons. The molecule has 0 unspecified atom stereocenters. The van der Waals surface area contributed by atoms with Crippen molar-refractivity contribution < 1.29 is 9.90 Å². The summed E-state index contributed by atoms with van der Waals surface area (Å²) in [4.78, 5) is 10.5. The molecule has 1 rings (SSSR count). The van der Waals surface area contributed by atoms with E-state index >= 15 is 0 Å². The van der Waals surface area contributed by atoms with Crippen LogP contribution in [0.1, 0.15) is 6.92 Å². The third-order valence-electron chi connectivity index (χ3n) is 1.65. The van der Waals surface area contributed by atoms with Crippen LogP contribution in [0.25, 0.3) is 0 Å².